The van der Waals surface area contributed by atoms with Crippen molar-refractivity contribution in [3.05, 3.63) is 12.0 Å². The van der Waals surface area contributed by atoms with Gasteiger partial charge >= 0.3 is 0 Å². The number of nitrogens with one attached hydrogen (secondary N) is 1. The summed E-state index contributed by atoms with van der Waals surface area (Å²) in [5.41, 5.74) is 0. The fraction of sp³-hybridized carbons (Fsp3) is 0.692. The number of hydrogen-bond donors (Lipinski definition) is 2. The molecule has 7 heteroatoms. The number of likely N-dealkylation sites (tertiary alicyclic amines) is 1. The number of anilines is 1. The number of ether oxygens (including phenoxy) is 1. The normalized spacial score (nSPS) is 19.9. The highest BCUT2D eigenvalue weighted by Gasteiger charge is 2.18. The maximum Gasteiger partial charge on any atom is 0.255 e. The molecule has 0 amide bonds. The Balaban J connectivity index is 1.78. The van der Waals surface area contributed by atoms with Crippen molar-refractivity contribution in [1.29, 1.82) is 0 Å². The summed E-state index contributed by atoms with van der Waals surface area (Å²) in [4.78, 5) is 10.1. The molecule has 112 valence electrons. The second-order valence-corrected chi connectivity index (χ2v) is 4.97. The SMILES string of the molecule is COc1nc(NCCN2CCCC(CO)C2)ncc1F. The van der Waals surface area contributed by atoms with Gasteiger partial charge in [0.25, 0.3) is 5.88 Å². The lowest BCUT2D eigenvalue weighted by molar-refractivity contribution is 0.123. The summed E-state index contributed by atoms with van der Waals surface area (Å²) in [7, 11) is 1.37. The fourth-order valence-corrected chi connectivity index (χ4v) is 2.41. The van der Waals surface area contributed by atoms with Crippen LogP contribution in [0.4, 0.5) is 10.3 Å². The summed E-state index contributed by atoms with van der Waals surface area (Å²) >= 11 is 0. The molecule has 2 N–H and O–H groups in total. The summed E-state index contributed by atoms with van der Waals surface area (Å²) in [6.07, 6.45) is 3.31. The van der Waals surface area contributed by atoms with Crippen LogP contribution in [0.1, 0.15) is 12.8 Å². The standard InChI is InChI=1S/C13H21FN4O2/c1-20-12-11(14)7-16-13(17-12)15-4-6-18-5-2-3-10(8-18)9-19/h7,10,19H,2-6,8-9H2,1H3,(H,15,16,17). The third-order valence-electron chi connectivity index (χ3n) is 3.48. The molecule has 1 unspecified atom stereocenters. The zero-order valence-electron chi connectivity index (χ0n) is 11.7. The second kappa shape index (κ2) is 7.35. The molecule has 1 saturated heterocycles. The van der Waals surface area contributed by atoms with Crippen molar-refractivity contribution in [2.75, 3.05) is 45.2 Å². The third-order valence-corrected chi connectivity index (χ3v) is 3.48. The number of methoxy groups -OCH3 is 1. The summed E-state index contributed by atoms with van der Waals surface area (Å²) in [5, 5.41) is 12.2. The first kappa shape index (κ1) is 14.9. The van der Waals surface area contributed by atoms with Crippen LogP contribution in [0.2, 0.25) is 0 Å². The number of halogens is 1. The number of aliphatic hydroxyl groups excluding tert-OH is 1. The molecule has 20 heavy (non-hydrogen) atoms. The van der Waals surface area contributed by atoms with Crippen molar-refractivity contribution >= 4 is 5.95 Å². The lowest BCUT2D eigenvalue weighted by Gasteiger charge is -2.31. The second-order valence-electron chi connectivity index (χ2n) is 4.97. The highest BCUT2D eigenvalue weighted by Crippen LogP contribution is 2.16. The van der Waals surface area contributed by atoms with Crippen LogP contribution >= 0.6 is 0 Å². The van der Waals surface area contributed by atoms with Gasteiger partial charge < -0.3 is 20.1 Å². The van der Waals surface area contributed by atoms with E-state index in [-0.39, 0.29) is 12.5 Å². The Kier molecular flexibility index (Phi) is 5.49. The van der Waals surface area contributed by atoms with Crippen molar-refractivity contribution in [2.24, 2.45) is 5.92 Å². The molecule has 1 aromatic rings. The molecule has 0 radical (unpaired) electrons. The molecular formula is C13H21FN4O2. The summed E-state index contributed by atoms with van der Waals surface area (Å²) in [6, 6.07) is 0. The van der Waals surface area contributed by atoms with Gasteiger partial charge in [0.05, 0.1) is 13.3 Å². The molecule has 0 aliphatic carbocycles. The van der Waals surface area contributed by atoms with Crippen molar-refractivity contribution in [3.63, 3.8) is 0 Å². The monoisotopic (exact) mass is 284 g/mol. The number of piperidine rings is 1. The van der Waals surface area contributed by atoms with E-state index < -0.39 is 5.82 Å². The summed E-state index contributed by atoms with van der Waals surface area (Å²) < 4.78 is 18.0. The van der Waals surface area contributed by atoms with E-state index in [2.05, 4.69) is 20.2 Å². The summed E-state index contributed by atoms with van der Waals surface area (Å²) in [6.45, 7) is 3.74. The molecule has 1 aliphatic heterocycles. The van der Waals surface area contributed by atoms with E-state index in [4.69, 9.17) is 4.74 Å². The lowest BCUT2D eigenvalue weighted by Crippen LogP contribution is -2.39. The van der Waals surface area contributed by atoms with E-state index in [0.29, 0.717) is 18.4 Å². The number of aliphatic hydroxyl groups is 1. The number of nitrogens with zero attached hydrogens (tertiary/aromatic N) is 3. The maximum atomic E-state index is 13.2. The Bertz CT molecular complexity index is 433. The van der Waals surface area contributed by atoms with E-state index in [1.807, 2.05) is 0 Å². The minimum Gasteiger partial charge on any atom is -0.479 e. The van der Waals surface area contributed by atoms with Crippen LogP contribution in [0, 0.1) is 11.7 Å². The molecule has 1 aliphatic rings. The molecule has 1 atom stereocenters. The molecule has 0 aromatic carbocycles. The maximum absolute atomic E-state index is 13.2. The van der Waals surface area contributed by atoms with Gasteiger partial charge in [-0.05, 0) is 25.3 Å². The first-order chi connectivity index (χ1) is 9.72. The first-order valence-corrected chi connectivity index (χ1v) is 6.86. The van der Waals surface area contributed by atoms with Crippen LogP contribution in [0.25, 0.3) is 0 Å². The average molecular weight is 284 g/mol. The molecule has 2 rings (SSSR count). The fourth-order valence-electron chi connectivity index (χ4n) is 2.41. The van der Waals surface area contributed by atoms with E-state index >= 15 is 0 Å². The van der Waals surface area contributed by atoms with E-state index in [0.717, 1.165) is 38.7 Å². The van der Waals surface area contributed by atoms with Crippen LogP contribution in [-0.2, 0) is 0 Å². The van der Waals surface area contributed by atoms with Crippen molar-refractivity contribution < 1.29 is 14.2 Å². The van der Waals surface area contributed by atoms with Gasteiger partial charge in [-0.15, -0.1) is 0 Å². The minimum atomic E-state index is -0.570. The Morgan fingerprint density at radius 3 is 3.20 bits per heavy atom. The molecule has 0 spiro atoms. The van der Waals surface area contributed by atoms with Crippen molar-refractivity contribution in [1.82, 2.24) is 14.9 Å². The molecule has 1 fully saturated rings. The minimum absolute atomic E-state index is 0.0548. The van der Waals surface area contributed by atoms with Crippen molar-refractivity contribution in [2.45, 2.75) is 12.8 Å². The molecule has 2 heterocycles. The molecule has 1 aromatic heterocycles. The smallest absolute Gasteiger partial charge is 0.255 e. The highest BCUT2D eigenvalue weighted by atomic mass is 19.1. The Morgan fingerprint density at radius 1 is 1.60 bits per heavy atom. The molecule has 6 nitrogen and oxygen atoms in total. The number of hydrogen-bond acceptors (Lipinski definition) is 6. The predicted octanol–water partition coefficient (Wildman–Crippen LogP) is 0.740. The van der Waals surface area contributed by atoms with Gasteiger partial charge in [-0.25, -0.2) is 4.98 Å². The topological polar surface area (TPSA) is 70.5 Å². The van der Waals surface area contributed by atoms with Crippen LogP contribution in [0.15, 0.2) is 6.20 Å². The van der Waals surface area contributed by atoms with Crippen LogP contribution in [0.5, 0.6) is 5.88 Å². The van der Waals surface area contributed by atoms with E-state index in [1.54, 1.807) is 0 Å². The van der Waals surface area contributed by atoms with Crippen molar-refractivity contribution in [3.8, 4) is 5.88 Å². The van der Waals surface area contributed by atoms with Gasteiger partial charge in [0, 0.05) is 26.2 Å². The quantitative estimate of drug-likeness (QED) is 0.803. The van der Waals surface area contributed by atoms with Crippen LogP contribution in [0.3, 0.4) is 0 Å². The first-order valence-electron chi connectivity index (χ1n) is 6.86. The van der Waals surface area contributed by atoms with Crippen LogP contribution in [-0.4, -0.2) is 59.9 Å². The number of aromatic nitrogens is 2. The Morgan fingerprint density at radius 2 is 2.45 bits per heavy atom. The Labute approximate surface area is 118 Å². The van der Waals surface area contributed by atoms with Gasteiger partial charge in [0.15, 0.2) is 0 Å². The van der Waals surface area contributed by atoms with E-state index in [9.17, 15) is 9.50 Å². The predicted molar refractivity (Wildman–Crippen MR) is 73.3 cm³/mol. The average Bonchev–Trinajstić information content (AvgIpc) is 2.49. The van der Waals surface area contributed by atoms with Gasteiger partial charge in [-0.1, -0.05) is 0 Å². The van der Waals surface area contributed by atoms with Gasteiger partial charge in [-0.2, -0.15) is 9.37 Å². The molecule has 0 saturated carbocycles. The summed E-state index contributed by atoms with van der Waals surface area (Å²) in [5.74, 6) is 0.116. The lowest BCUT2D eigenvalue weighted by atomic mass is 9.99. The highest BCUT2D eigenvalue weighted by molar-refractivity contribution is 5.28. The van der Waals surface area contributed by atoms with Crippen LogP contribution < -0.4 is 10.1 Å². The van der Waals surface area contributed by atoms with E-state index in [1.165, 1.54) is 7.11 Å². The molecule has 0 bridgehead atoms. The largest absolute Gasteiger partial charge is 0.479 e. The number of rotatable bonds is 6. The Hall–Kier alpha value is -1.47. The van der Waals surface area contributed by atoms with Gasteiger partial charge in [-0.3, -0.25) is 0 Å². The van der Waals surface area contributed by atoms with Gasteiger partial charge in [0.2, 0.25) is 11.8 Å². The zero-order valence-corrected chi connectivity index (χ0v) is 11.7. The molecular weight excluding hydrogens is 263 g/mol. The van der Waals surface area contributed by atoms with Gasteiger partial charge in [0.1, 0.15) is 0 Å². The zero-order chi connectivity index (χ0) is 14.4. The third kappa shape index (κ3) is 4.01.